The largest absolute Gasteiger partial charge is 0.466 e. The van der Waals surface area contributed by atoms with Crippen molar-refractivity contribution in [3.63, 3.8) is 0 Å². The minimum Gasteiger partial charge on any atom is -0.466 e. The number of carbonyl (C=O) groups is 4. The van der Waals surface area contributed by atoms with Crippen LogP contribution in [0.4, 0.5) is 0 Å². The summed E-state index contributed by atoms with van der Waals surface area (Å²) in [5, 5.41) is 0. The first-order chi connectivity index (χ1) is 21.1. The maximum Gasteiger partial charge on any atom is 0.330 e. The van der Waals surface area contributed by atoms with Gasteiger partial charge in [0.05, 0.1) is 32.0 Å². The predicted octanol–water partition coefficient (Wildman–Crippen LogP) is 5.86. The lowest BCUT2D eigenvalue weighted by Crippen LogP contribution is -2.52. The number of hydrogen-bond donors (Lipinski definition) is 1. The van der Waals surface area contributed by atoms with Crippen LogP contribution in [0.15, 0.2) is 25.3 Å². The molecule has 0 aromatic rings. The van der Waals surface area contributed by atoms with E-state index in [1.807, 2.05) is 0 Å². The summed E-state index contributed by atoms with van der Waals surface area (Å²) in [5.41, 5.74) is -0.0972. The second-order valence-electron chi connectivity index (χ2n) is 13.0. The van der Waals surface area contributed by atoms with Crippen LogP contribution < -0.4 is 0 Å². The smallest absolute Gasteiger partial charge is 0.330 e. The maximum absolute atomic E-state index is 11.4. The monoisotopic (exact) mass is 636 g/mol. The summed E-state index contributed by atoms with van der Waals surface area (Å²) in [7, 11) is 1.31. The fourth-order valence-electron chi connectivity index (χ4n) is 8.44. The molecule has 0 radical (unpaired) electrons. The van der Waals surface area contributed by atoms with Crippen LogP contribution in [0, 0.1) is 41.4 Å². The van der Waals surface area contributed by atoms with E-state index in [0.717, 1.165) is 68.5 Å². The Kier molecular flexibility index (Phi) is 14.3. The normalized spacial score (nSPS) is 33.5. The molecular formula is C34H52O9S. The highest BCUT2D eigenvalue weighted by Gasteiger charge is 2.55. The van der Waals surface area contributed by atoms with Crippen molar-refractivity contribution in [3.8, 4) is 0 Å². The van der Waals surface area contributed by atoms with E-state index in [1.54, 1.807) is 6.92 Å². The first-order valence-electron chi connectivity index (χ1n) is 16.2. The third kappa shape index (κ3) is 10.1. The summed E-state index contributed by atoms with van der Waals surface area (Å²) in [4.78, 5) is 43.1. The van der Waals surface area contributed by atoms with Gasteiger partial charge in [0, 0.05) is 18.1 Å². The van der Waals surface area contributed by atoms with Crippen molar-refractivity contribution in [1.82, 2.24) is 0 Å². The molecule has 6 saturated carbocycles. The molecule has 0 N–H and O–H groups in total. The summed E-state index contributed by atoms with van der Waals surface area (Å²) in [6.45, 7) is 11.8. The zero-order valence-electron chi connectivity index (χ0n) is 26.7. The average molecular weight is 637 g/mol. The van der Waals surface area contributed by atoms with Crippen LogP contribution >= 0.6 is 12.6 Å². The van der Waals surface area contributed by atoms with Crippen molar-refractivity contribution < 1.29 is 42.9 Å². The predicted molar refractivity (Wildman–Crippen MR) is 168 cm³/mol. The summed E-state index contributed by atoms with van der Waals surface area (Å²) in [5.74, 6) is 4.17. The number of esters is 4. The molecule has 6 aliphatic carbocycles. The highest BCUT2D eigenvalue weighted by Crippen LogP contribution is 2.57. The Labute approximate surface area is 268 Å². The lowest BCUT2D eigenvalue weighted by Gasteiger charge is -2.55. The van der Waals surface area contributed by atoms with Gasteiger partial charge in [-0.3, -0.25) is 9.59 Å². The first kappa shape index (κ1) is 36.1. The van der Waals surface area contributed by atoms with Crippen LogP contribution in [0.2, 0.25) is 0 Å². The number of unbranched alkanes of at least 4 members (excludes halogenated alkanes) is 1. The van der Waals surface area contributed by atoms with Gasteiger partial charge in [-0.15, -0.1) is 0 Å². The molecule has 1 heterocycles. The number of cyclic esters (lactones) is 1. The second-order valence-corrected chi connectivity index (χ2v) is 13.4. The van der Waals surface area contributed by atoms with E-state index in [9.17, 15) is 19.2 Å². The van der Waals surface area contributed by atoms with E-state index < -0.39 is 12.3 Å². The molecule has 7 rings (SSSR count). The number of rotatable bonds is 9. The molecule has 1 saturated heterocycles. The van der Waals surface area contributed by atoms with Crippen molar-refractivity contribution in [2.75, 3.05) is 26.1 Å². The van der Waals surface area contributed by atoms with Gasteiger partial charge in [-0.25, -0.2) is 9.59 Å². The number of carbonyl (C=O) groups excluding carboxylic acids is 4. The van der Waals surface area contributed by atoms with Gasteiger partial charge >= 0.3 is 23.9 Å². The fraction of sp³-hybridized carbons (Fsp3) is 0.765. The third-order valence-corrected chi connectivity index (χ3v) is 10.1. The van der Waals surface area contributed by atoms with Gasteiger partial charge < -0.3 is 23.7 Å². The zero-order valence-corrected chi connectivity index (χ0v) is 27.6. The lowest BCUT2D eigenvalue weighted by atomic mass is 9.54. The van der Waals surface area contributed by atoms with E-state index in [0.29, 0.717) is 24.4 Å². The molecule has 0 aromatic carbocycles. The molecule has 7 fully saturated rings. The Morgan fingerprint density at radius 1 is 1.00 bits per heavy atom. The standard InChI is InChI=1S/C13H18O2.C9H12O2.C8H16O3S.C4H6O2/c1-2-12(14)15-13-6-9-3-10(7-13)5-11(4-9)8-13;10-9-8-6-2-1-5(3-6)7(8)4-11-9;1-3-4-5-10-7(2)11-8(9)6-12;1-3-4(5)6-2/h2,9-11H,1,3-8H2;5-8H,1-4H2;7,12H,3-6H2,1-2H3;3H,1H2,2H3. The Morgan fingerprint density at radius 3 is 2.07 bits per heavy atom. The van der Waals surface area contributed by atoms with Crippen molar-refractivity contribution in [1.29, 1.82) is 0 Å². The first-order valence-corrected chi connectivity index (χ1v) is 16.8. The fourth-order valence-corrected chi connectivity index (χ4v) is 8.51. The zero-order chi connectivity index (χ0) is 32.3. The Bertz CT molecular complexity index is 975. The van der Waals surface area contributed by atoms with Gasteiger partial charge in [-0.1, -0.05) is 26.5 Å². The van der Waals surface area contributed by atoms with E-state index >= 15 is 0 Å². The van der Waals surface area contributed by atoms with Crippen molar-refractivity contribution in [3.05, 3.63) is 25.3 Å². The Hall–Kier alpha value is -2.33. The van der Waals surface area contributed by atoms with E-state index in [-0.39, 0.29) is 29.3 Å². The summed E-state index contributed by atoms with van der Waals surface area (Å²) in [6.07, 6.45) is 15.4. The summed E-state index contributed by atoms with van der Waals surface area (Å²) in [6, 6.07) is 0. The second kappa shape index (κ2) is 17.4. The molecule has 0 amide bonds. The molecule has 9 nitrogen and oxygen atoms in total. The quantitative estimate of drug-likeness (QED) is 0.0830. The van der Waals surface area contributed by atoms with Gasteiger partial charge in [-0.05, 0) is 101 Å². The van der Waals surface area contributed by atoms with E-state index in [1.165, 1.54) is 51.7 Å². The Balaban J connectivity index is 0.000000167. The molecule has 1 aliphatic heterocycles. The van der Waals surface area contributed by atoms with Gasteiger partial charge in [-0.2, -0.15) is 12.6 Å². The number of thiol groups is 1. The lowest BCUT2D eigenvalue weighted by molar-refractivity contribution is -0.181. The molecule has 5 unspecified atom stereocenters. The SMILES string of the molecule is C=CC(=O)OC.C=CC(=O)OC12CC3CC(CC(C3)C1)C2.CCCCOC(C)OC(=O)CS.O=C1OCC2C3CCC(C3)C12. The molecule has 44 heavy (non-hydrogen) atoms. The topological polar surface area (TPSA) is 114 Å². The van der Waals surface area contributed by atoms with Crippen LogP contribution in [0.3, 0.4) is 0 Å². The Morgan fingerprint density at radius 2 is 1.59 bits per heavy atom. The molecule has 0 spiro atoms. The number of methoxy groups -OCH3 is 1. The molecule has 6 bridgehead atoms. The number of hydrogen-bond acceptors (Lipinski definition) is 10. The molecule has 0 aromatic heterocycles. The van der Waals surface area contributed by atoms with Crippen LogP contribution in [-0.4, -0.2) is 61.8 Å². The van der Waals surface area contributed by atoms with Crippen LogP contribution in [0.25, 0.3) is 0 Å². The molecule has 5 atom stereocenters. The number of ether oxygens (including phenoxy) is 5. The van der Waals surface area contributed by atoms with Crippen molar-refractivity contribution in [2.45, 2.75) is 96.4 Å². The van der Waals surface area contributed by atoms with Crippen LogP contribution in [0.1, 0.15) is 84.5 Å². The van der Waals surface area contributed by atoms with Gasteiger partial charge in [0.2, 0.25) is 0 Å². The molecule has 248 valence electrons. The minimum atomic E-state index is -0.448. The van der Waals surface area contributed by atoms with Crippen molar-refractivity contribution in [2.24, 2.45) is 41.4 Å². The van der Waals surface area contributed by atoms with Gasteiger partial charge in [0.1, 0.15) is 5.60 Å². The molecule has 10 heteroatoms. The summed E-state index contributed by atoms with van der Waals surface area (Å²) < 4.78 is 24.8. The van der Waals surface area contributed by atoms with Gasteiger partial charge in [0.15, 0.2) is 6.29 Å². The molecular weight excluding hydrogens is 584 g/mol. The highest BCUT2D eigenvalue weighted by atomic mass is 32.1. The summed E-state index contributed by atoms with van der Waals surface area (Å²) >= 11 is 3.77. The third-order valence-electron chi connectivity index (χ3n) is 9.89. The van der Waals surface area contributed by atoms with Crippen molar-refractivity contribution >= 4 is 36.5 Å². The van der Waals surface area contributed by atoms with E-state index in [2.05, 4.69) is 37.4 Å². The minimum absolute atomic E-state index is 0.0972. The van der Waals surface area contributed by atoms with Crippen LogP contribution in [-0.2, 0) is 42.9 Å². The van der Waals surface area contributed by atoms with Crippen LogP contribution in [0.5, 0.6) is 0 Å². The highest BCUT2D eigenvalue weighted by molar-refractivity contribution is 7.81. The average Bonchev–Trinajstić information content (AvgIpc) is 3.72. The maximum atomic E-state index is 11.4. The molecule has 7 aliphatic rings. The van der Waals surface area contributed by atoms with E-state index in [4.69, 9.17) is 18.9 Å². The number of fused-ring (bicyclic) bond motifs is 5. The van der Waals surface area contributed by atoms with Gasteiger partial charge in [0.25, 0.3) is 0 Å².